The molecule has 0 bridgehead atoms. The average Bonchev–Trinajstić information content (AvgIpc) is 2.63. The van der Waals surface area contributed by atoms with E-state index in [1.54, 1.807) is 0 Å². The highest BCUT2D eigenvalue weighted by atomic mass is 28.4. The zero-order valence-corrected chi connectivity index (χ0v) is 18.1. The number of hydrogen-bond donors (Lipinski definition) is 2. The van der Waals surface area contributed by atoms with Gasteiger partial charge in [-0.25, -0.2) is 0 Å². The number of hydrogen-bond acceptors (Lipinski definition) is 4. The van der Waals surface area contributed by atoms with Crippen molar-refractivity contribution in [2.24, 2.45) is 11.8 Å². The molecule has 0 aromatic carbocycles. The van der Waals surface area contributed by atoms with Crippen LogP contribution in [0.4, 0.5) is 0 Å². The van der Waals surface area contributed by atoms with Crippen LogP contribution in [0.3, 0.4) is 0 Å². The smallest absolute Gasteiger partial charge is 0.371 e. The lowest BCUT2D eigenvalue weighted by atomic mass is 9.83. The van der Waals surface area contributed by atoms with Crippen molar-refractivity contribution in [3.63, 3.8) is 0 Å². The van der Waals surface area contributed by atoms with Crippen LogP contribution in [0, 0.1) is 11.8 Å². The molecule has 2 fully saturated rings. The molecular formula is C20H42N2O2Si. The van der Waals surface area contributed by atoms with Crippen LogP contribution in [0.15, 0.2) is 0 Å². The quantitative estimate of drug-likeness (QED) is 0.551. The maximum atomic E-state index is 6.36. The molecule has 2 aliphatic rings. The van der Waals surface area contributed by atoms with Crippen LogP contribution in [0.5, 0.6) is 0 Å². The van der Waals surface area contributed by atoms with Gasteiger partial charge in [0.05, 0.1) is 0 Å². The standard InChI is InChI=1S/C20H42N2O2Si/c1-5-17-13-9-11-15-19(17)21-25(23-7-3,24-8-4)22-20-16-12-10-14-18(20)6-2/h17-22H,5-16H2,1-4H3. The lowest BCUT2D eigenvalue weighted by Gasteiger charge is -2.42. The van der Waals surface area contributed by atoms with Gasteiger partial charge in [-0.3, -0.25) is 9.96 Å². The van der Waals surface area contributed by atoms with Crippen molar-refractivity contribution in [3.8, 4) is 0 Å². The van der Waals surface area contributed by atoms with E-state index >= 15 is 0 Å². The zero-order valence-electron chi connectivity index (χ0n) is 17.1. The summed E-state index contributed by atoms with van der Waals surface area (Å²) in [4.78, 5) is 7.90. The molecule has 0 amide bonds. The first-order valence-electron chi connectivity index (χ1n) is 11.0. The molecule has 5 heteroatoms. The summed E-state index contributed by atoms with van der Waals surface area (Å²) in [6.07, 6.45) is 13.1. The van der Waals surface area contributed by atoms with Crippen LogP contribution in [0.1, 0.15) is 91.9 Å². The Morgan fingerprint density at radius 3 is 1.44 bits per heavy atom. The molecule has 2 rings (SSSR count). The molecule has 0 saturated heterocycles. The van der Waals surface area contributed by atoms with Crippen molar-refractivity contribution >= 4 is 8.88 Å². The topological polar surface area (TPSA) is 42.5 Å². The van der Waals surface area contributed by atoms with Gasteiger partial charge in [0.2, 0.25) is 0 Å². The van der Waals surface area contributed by atoms with Gasteiger partial charge in [0.1, 0.15) is 0 Å². The van der Waals surface area contributed by atoms with E-state index in [0.717, 1.165) is 11.8 Å². The van der Waals surface area contributed by atoms with E-state index in [1.807, 2.05) is 0 Å². The van der Waals surface area contributed by atoms with Crippen molar-refractivity contribution < 1.29 is 8.85 Å². The summed E-state index contributed by atoms with van der Waals surface area (Å²) in [5.74, 6) is 1.52. The summed E-state index contributed by atoms with van der Waals surface area (Å²) < 4.78 is 12.7. The summed E-state index contributed by atoms with van der Waals surface area (Å²) in [6, 6.07) is 1.08. The third-order valence-corrected chi connectivity index (χ3v) is 9.21. The Morgan fingerprint density at radius 2 is 1.08 bits per heavy atom. The Hall–Kier alpha value is 0.0569. The van der Waals surface area contributed by atoms with Crippen molar-refractivity contribution in [1.29, 1.82) is 0 Å². The predicted octanol–water partition coefficient (Wildman–Crippen LogP) is 4.61. The Labute approximate surface area is 157 Å². The molecule has 25 heavy (non-hydrogen) atoms. The van der Waals surface area contributed by atoms with Gasteiger partial charge >= 0.3 is 8.88 Å². The first-order chi connectivity index (χ1) is 12.2. The molecule has 0 aromatic rings. The molecule has 148 valence electrons. The maximum Gasteiger partial charge on any atom is 0.517 e. The Bertz CT molecular complexity index is 336. The first kappa shape index (κ1) is 21.4. The van der Waals surface area contributed by atoms with Crippen molar-refractivity contribution in [3.05, 3.63) is 0 Å². The lowest BCUT2D eigenvalue weighted by molar-refractivity contribution is 0.127. The molecule has 0 heterocycles. The third kappa shape index (κ3) is 6.03. The summed E-state index contributed by atoms with van der Waals surface area (Å²) in [5.41, 5.74) is 0. The van der Waals surface area contributed by atoms with Gasteiger partial charge in [0.15, 0.2) is 0 Å². The summed E-state index contributed by atoms with van der Waals surface area (Å²) >= 11 is 0. The molecule has 0 radical (unpaired) electrons. The highest BCUT2D eigenvalue weighted by Gasteiger charge is 2.46. The normalized spacial score (nSPS) is 31.2. The molecule has 2 aliphatic carbocycles. The van der Waals surface area contributed by atoms with Crippen LogP contribution < -0.4 is 9.96 Å². The van der Waals surface area contributed by atoms with Crippen LogP contribution in [-0.4, -0.2) is 34.2 Å². The molecule has 2 saturated carbocycles. The minimum Gasteiger partial charge on any atom is -0.371 e. The van der Waals surface area contributed by atoms with Crippen LogP contribution in [0.2, 0.25) is 0 Å². The Kier molecular flexibility index (Phi) is 9.42. The molecule has 0 aromatic heterocycles. The summed E-state index contributed by atoms with van der Waals surface area (Å²) in [7, 11) is -2.59. The molecule has 4 atom stereocenters. The Morgan fingerprint density at radius 1 is 0.680 bits per heavy atom. The second-order valence-electron chi connectivity index (χ2n) is 7.89. The highest BCUT2D eigenvalue weighted by molar-refractivity contribution is 6.62. The third-order valence-electron chi connectivity index (χ3n) is 6.31. The van der Waals surface area contributed by atoms with Gasteiger partial charge in [0, 0.05) is 25.3 Å². The van der Waals surface area contributed by atoms with Crippen LogP contribution >= 0.6 is 0 Å². The predicted molar refractivity (Wildman–Crippen MR) is 107 cm³/mol. The zero-order chi connectivity index (χ0) is 18.1. The number of rotatable bonds is 10. The SMILES string of the molecule is CCO[Si](NC1CCCCC1CC)(NC1CCCCC1CC)OCC. The van der Waals surface area contributed by atoms with E-state index in [2.05, 4.69) is 37.7 Å². The fourth-order valence-corrected chi connectivity index (χ4v) is 7.97. The van der Waals surface area contributed by atoms with E-state index in [4.69, 9.17) is 8.85 Å². The molecule has 0 spiro atoms. The highest BCUT2D eigenvalue weighted by Crippen LogP contribution is 2.30. The van der Waals surface area contributed by atoms with Gasteiger partial charge in [-0.1, -0.05) is 52.4 Å². The lowest BCUT2D eigenvalue weighted by Crippen LogP contribution is -2.73. The van der Waals surface area contributed by atoms with E-state index < -0.39 is 8.88 Å². The average molecular weight is 371 g/mol. The van der Waals surface area contributed by atoms with E-state index in [1.165, 1.54) is 64.2 Å². The van der Waals surface area contributed by atoms with Gasteiger partial charge in [0.25, 0.3) is 0 Å². The Balaban J connectivity index is 2.13. The van der Waals surface area contributed by atoms with Crippen molar-refractivity contribution in [2.45, 2.75) is 104 Å². The first-order valence-corrected chi connectivity index (χ1v) is 12.8. The molecule has 0 aliphatic heterocycles. The molecule has 4 unspecified atom stereocenters. The van der Waals surface area contributed by atoms with Gasteiger partial charge in [-0.2, -0.15) is 0 Å². The van der Waals surface area contributed by atoms with Gasteiger partial charge in [-0.05, 0) is 51.4 Å². The molecule has 2 N–H and O–H groups in total. The fraction of sp³-hybridized carbons (Fsp3) is 1.00. The largest absolute Gasteiger partial charge is 0.517 e. The fourth-order valence-electron chi connectivity index (χ4n) is 4.92. The monoisotopic (exact) mass is 370 g/mol. The van der Waals surface area contributed by atoms with E-state index in [0.29, 0.717) is 25.3 Å². The maximum absolute atomic E-state index is 6.36. The summed E-state index contributed by atoms with van der Waals surface area (Å²) in [6.45, 7) is 10.3. The minimum absolute atomic E-state index is 0.541. The summed E-state index contributed by atoms with van der Waals surface area (Å²) in [5, 5.41) is 0. The van der Waals surface area contributed by atoms with Crippen molar-refractivity contribution in [2.75, 3.05) is 13.2 Å². The second kappa shape index (κ2) is 11.0. The number of nitrogens with one attached hydrogen (secondary N) is 2. The van der Waals surface area contributed by atoms with E-state index in [9.17, 15) is 0 Å². The second-order valence-corrected chi connectivity index (χ2v) is 10.3. The molecular weight excluding hydrogens is 328 g/mol. The van der Waals surface area contributed by atoms with Crippen LogP contribution in [-0.2, 0) is 8.85 Å². The van der Waals surface area contributed by atoms with Crippen molar-refractivity contribution in [1.82, 2.24) is 9.96 Å². The minimum atomic E-state index is -2.59. The van der Waals surface area contributed by atoms with Crippen LogP contribution in [0.25, 0.3) is 0 Å². The van der Waals surface area contributed by atoms with E-state index in [-0.39, 0.29) is 0 Å². The molecule has 4 nitrogen and oxygen atoms in total. The van der Waals surface area contributed by atoms with Gasteiger partial charge < -0.3 is 8.85 Å². The van der Waals surface area contributed by atoms with Gasteiger partial charge in [-0.15, -0.1) is 0 Å².